The average Bonchev–Trinajstić information content (AvgIpc) is 2.87. The first-order valence-electron chi connectivity index (χ1n) is 6.23. The van der Waals surface area contributed by atoms with Crippen LogP contribution in [-0.2, 0) is 0 Å². The lowest BCUT2D eigenvalue weighted by atomic mass is 9.80. The standard InChI is InChI=1S/C14H20/c1-3-9-5-12-11-7-10(4-2)13(8-11)14(12)6-9/h5,7,11-14H,3-4,6,8H2,1-2H3/t11-,12-,13+,14-/m0/s1. The van der Waals surface area contributed by atoms with E-state index >= 15 is 0 Å². The lowest BCUT2D eigenvalue weighted by molar-refractivity contribution is 0.375. The maximum Gasteiger partial charge on any atom is -0.0130 e. The number of rotatable bonds is 2. The minimum Gasteiger partial charge on any atom is -0.0813 e. The first-order chi connectivity index (χ1) is 6.83. The van der Waals surface area contributed by atoms with Crippen LogP contribution in [0.2, 0.25) is 0 Å². The molecule has 0 N–H and O–H groups in total. The summed E-state index contributed by atoms with van der Waals surface area (Å²) in [6.45, 7) is 4.63. The maximum absolute atomic E-state index is 2.61. The minimum absolute atomic E-state index is 0.920. The zero-order valence-corrected chi connectivity index (χ0v) is 9.29. The first-order valence-corrected chi connectivity index (χ1v) is 6.23. The maximum atomic E-state index is 2.61. The molecule has 0 aliphatic heterocycles. The van der Waals surface area contributed by atoms with E-state index in [4.69, 9.17) is 0 Å². The predicted molar refractivity (Wildman–Crippen MR) is 59.9 cm³/mol. The zero-order chi connectivity index (χ0) is 9.71. The smallest absolute Gasteiger partial charge is 0.0130 e. The van der Waals surface area contributed by atoms with Crippen LogP contribution in [0, 0.1) is 23.7 Å². The monoisotopic (exact) mass is 188 g/mol. The van der Waals surface area contributed by atoms with Crippen LogP contribution in [-0.4, -0.2) is 0 Å². The van der Waals surface area contributed by atoms with E-state index in [1.165, 1.54) is 25.7 Å². The second-order valence-corrected chi connectivity index (χ2v) is 5.22. The van der Waals surface area contributed by atoms with E-state index in [0.717, 1.165) is 23.7 Å². The largest absolute Gasteiger partial charge is 0.0813 e. The molecule has 0 saturated heterocycles. The third-order valence-electron chi connectivity index (χ3n) is 4.72. The van der Waals surface area contributed by atoms with Crippen LogP contribution in [0.4, 0.5) is 0 Å². The summed E-state index contributed by atoms with van der Waals surface area (Å²) >= 11 is 0. The molecular formula is C14H20. The molecule has 0 heteroatoms. The summed E-state index contributed by atoms with van der Waals surface area (Å²) in [6.07, 6.45) is 10.7. The minimum atomic E-state index is 0.920. The lowest BCUT2D eigenvalue weighted by Crippen LogP contribution is -2.16. The van der Waals surface area contributed by atoms with E-state index in [-0.39, 0.29) is 0 Å². The van der Waals surface area contributed by atoms with Gasteiger partial charge >= 0.3 is 0 Å². The van der Waals surface area contributed by atoms with Gasteiger partial charge in [0.15, 0.2) is 0 Å². The summed E-state index contributed by atoms with van der Waals surface area (Å²) in [7, 11) is 0. The summed E-state index contributed by atoms with van der Waals surface area (Å²) in [5.74, 6) is 3.83. The van der Waals surface area contributed by atoms with Crippen molar-refractivity contribution in [2.45, 2.75) is 39.5 Å². The molecule has 0 amide bonds. The van der Waals surface area contributed by atoms with E-state index in [1.807, 2.05) is 0 Å². The highest BCUT2D eigenvalue weighted by Crippen LogP contribution is 2.57. The molecule has 0 spiro atoms. The Balaban J connectivity index is 1.86. The van der Waals surface area contributed by atoms with Crippen LogP contribution in [0.15, 0.2) is 23.3 Å². The van der Waals surface area contributed by atoms with Gasteiger partial charge in [-0.15, -0.1) is 0 Å². The fourth-order valence-corrected chi connectivity index (χ4v) is 4.03. The van der Waals surface area contributed by atoms with Crippen molar-refractivity contribution in [2.75, 3.05) is 0 Å². The second kappa shape index (κ2) is 2.98. The van der Waals surface area contributed by atoms with Gasteiger partial charge in [0.05, 0.1) is 0 Å². The molecule has 0 aromatic carbocycles. The first kappa shape index (κ1) is 8.76. The van der Waals surface area contributed by atoms with Crippen LogP contribution >= 0.6 is 0 Å². The van der Waals surface area contributed by atoms with Crippen molar-refractivity contribution < 1.29 is 0 Å². The predicted octanol–water partition coefficient (Wildman–Crippen LogP) is 3.95. The van der Waals surface area contributed by atoms with Gasteiger partial charge in [0.2, 0.25) is 0 Å². The molecule has 1 fully saturated rings. The molecule has 3 rings (SSSR count). The third-order valence-corrected chi connectivity index (χ3v) is 4.72. The quantitative estimate of drug-likeness (QED) is 0.576. The Morgan fingerprint density at radius 1 is 1.21 bits per heavy atom. The van der Waals surface area contributed by atoms with Crippen LogP contribution in [0.5, 0.6) is 0 Å². The Morgan fingerprint density at radius 3 is 2.79 bits per heavy atom. The molecule has 0 unspecified atom stereocenters. The molecule has 0 aromatic rings. The van der Waals surface area contributed by atoms with Gasteiger partial charge in [-0.25, -0.2) is 0 Å². The summed E-state index contributed by atoms with van der Waals surface area (Å²) in [6, 6.07) is 0. The highest BCUT2D eigenvalue weighted by atomic mass is 14.5. The average molecular weight is 188 g/mol. The Labute approximate surface area is 87.1 Å². The molecule has 3 aliphatic carbocycles. The van der Waals surface area contributed by atoms with Crippen molar-refractivity contribution >= 4 is 0 Å². The molecule has 0 aromatic heterocycles. The Kier molecular flexibility index (Phi) is 1.87. The summed E-state index contributed by atoms with van der Waals surface area (Å²) in [4.78, 5) is 0. The van der Waals surface area contributed by atoms with E-state index in [9.17, 15) is 0 Å². The van der Waals surface area contributed by atoms with Crippen molar-refractivity contribution in [2.24, 2.45) is 23.7 Å². The summed E-state index contributed by atoms with van der Waals surface area (Å²) in [5.41, 5.74) is 3.52. The van der Waals surface area contributed by atoms with E-state index in [1.54, 1.807) is 11.1 Å². The molecule has 14 heavy (non-hydrogen) atoms. The molecular weight excluding hydrogens is 168 g/mol. The fourth-order valence-electron chi connectivity index (χ4n) is 4.03. The number of fused-ring (bicyclic) bond motifs is 5. The highest BCUT2D eigenvalue weighted by molar-refractivity contribution is 5.31. The normalized spacial score (nSPS) is 43.9. The second-order valence-electron chi connectivity index (χ2n) is 5.22. The van der Waals surface area contributed by atoms with Crippen molar-refractivity contribution in [1.29, 1.82) is 0 Å². The molecule has 4 atom stereocenters. The van der Waals surface area contributed by atoms with Gasteiger partial charge in [0.25, 0.3) is 0 Å². The van der Waals surface area contributed by atoms with E-state index in [0.29, 0.717) is 0 Å². The van der Waals surface area contributed by atoms with Crippen molar-refractivity contribution in [1.82, 2.24) is 0 Å². The highest BCUT2D eigenvalue weighted by Gasteiger charge is 2.48. The van der Waals surface area contributed by atoms with Gasteiger partial charge in [-0.1, -0.05) is 37.1 Å². The van der Waals surface area contributed by atoms with Crippen LogP contribution in [0.25, 0.3) is 0 Å². The fraction of sp³-hybridized carbons (Fsp3) is 0.714. The van der Waals surface area contributed by atoms with E-state index in [2.05, 4.69) is 26.0 Å². The third kappa shape index (κ3) is 1.00. The lowest BCUT2D eigenvalue weighted by Gasteiger charge is -2.24. The molecule has 76 valence electrons. The number of hydrogen-bond acceptors (Lipinski definition) is 0. The van der Waals surface area contributed by atoms with Crippen molar-refractivity contribution in [3.63, 3.8) is 0 Å². The van der Waals surface area contributed by atoms with Crippen LogP contribution in [0.3, 0.4) is 0 Å². The summed E-state index contributed by atoms with van der Waals surface area (Å²) < 4.78 is 0. The van der Waals surface area contributed by atoms with Gasteiger partial charge in [-0.05, 0) is 49.4 Å². The van der Waals surface area contributed by atoms with Gasteiger partial charge in [-0.2, -0.15) is 0 Å². The summed E-state index contributed by atoms with van der Waals surface area (Å²) in [5, 5.41) is 0. The Morgan fingerprint density at radius 2 is 2.07 bits per heavy atom. The van der Waals surface area contributed by atoms with Crippen LogP contribution < -0.4 is 0 Å². The van der Waals surface area contributed by atoms with E-state index < -0.39 is 0 Å². The Hall–Kier alpha value is -0.520. The molecule has 0 heterocycles. The number of allylic oxidation sites excluding steroid dienone is 4. The van der Waals surface area contributed by atoms with Crippen molar-refractivity contribution in [3.05, 3.63) is 23.3 Å². The zero-order valence-electron chi connectivity index (χ0n) is 9.29. The van der Waals surface area contributed by atoms with Crippen molar-refractivity contribution in [3.8, 4) is 0 Å². The topological polar surface area (TPSA) is 0 Å². The number of hydrogen-bond donors (Lipinski definition) is 0. The molecule has 0 nitrogen and oxygen atoms in total. The molecule has 0 radical (unpaired) electrons. The SMILES string of the molecule is CCC1=C[C@@H]2[C@H](C1)[C@@H]1C[C@@H]2C=C1CC. The van der Waals surface area contributed by atoms with Gasteiger partial charge < -0.3 is 0 Å². The van der Waals surface area contributed by atoms with Crippen LogP contribution in [0.1, 0.15) is 39.5 Å². The molecule has 2 bridgehead atoms. The Bertz CT molecular complexity index is 308. The molecule has 1 saturated carbocycles. The van der Waals surface area contributed by atoms with Gasteiger partial charge in [0.1, 0.15) is 0 Å². The van der Waals surface area contributed by atoms with Gasteiger partial charge in [0, 0.05) is 0 Å². The molecule has 3 aliphatic rings. The van der Waals surface area contributed by atoms with Gasteiger partial charge in [-0.3, -0.25) is 0 Å².